The lowest BCUT2D eigenvalue weighted by Gasteiger charge is -1.84. The number of aromatic nitrogens is 1. The van der Waals surface area contributed by atoms with Gasteiger partial charge in [-0.05, 0) is 6.92 Å². The van der Waals surface area contributed by atoms with Crippen LogP contribution in [0, 0.1) is 6.92 Å². The maximum atomic E-state index is 4.35. The quantitative estimate of drug-likeness (QED) is 0.648. The van der Waals surface area contributed by atoms with E-state index in [1.165, 1.54) is 15.6 Å². The van der Waals surface area contributed by atoms with Gasteiger partial charge in [-0.15, -0.1) is 23.7 Å². The van der Waals surface area contributed by atoms with E-state index >= 15 is 0 Å². The zero-order valence-electron chi connectivity index (χ0n) is 5.68. The largest absolute Gasteiger partial charge is 0.306 e. The summed E-state index contributed by atoms with van der Waals surface area (Å²) >= 11 is 1.80. The summed E-state index contributed by atoms with van der Waals surface area (Å²) in [7, 11) is 0. The molecule has 0 radical (unpaired) electrons. The molecule has 1 aliphatic heterocycles. The van der Waals surface area contributed by atoms with Gasteiger partial charge in [0.15, 0.2) is 0 Å². The zero-order chi connectivity index (χ0) is 6.27. The summed E-state index contributed by atoms with van der Waals surface area (Å²) in [5.41, 5.74) is 1.26. The van der Waals surface area contributed by atoms with Crippen LogP contribution in [0.15, 0.2) is 0 Å². The smallest absolute Gasteiger partial charge is 0.0901 e. The Morgan fingerprint density at radius 3 is 3.00 bits per heavy atom. The highest BCUT2D eigenvalue weighted by atomic mass is 35.5. The van der Waals surface area contributed by atoms with E-state index in [1.54, 1.807) is 11.3 Å². The number of halogens is 1. The standard InChI is InChI=1S/C6H8N2S.ClH/c1-4-8-5-2-7-3-6(5)9-4;/h7H,2-3H2,1H3;1H. The predicted octanol–water partition coefficient (Wildman–Crippen LogP) is 1.48. The number of thiazole rings is 1. The van der Waals surface area contributed by atoms with Crippen LogP contribution in [-0.2, 0) is 13.1 Å². The molecule has 0 atom stereocenters. The topological polar surface area (TPSA) is 24.9 Å². The minimum absolute atomic E-state index is 0. The molecule has 1 aromatic rings. The van der Waals surface area contributed by atoms with Gasteiger partial charge in [-0.3, -0.25) is 0 Å². The third-order valence-electron chi connectivity index (χ3n) is 1.46. The molecule has 0 saturated heterocycles. The first-order valence-corrected chi connectivity index (χ1v) is 3.84. The molecule has 1 aliphatic rings. The monoisotopic (exact) mass is 176 g/mol. The first-order valence-electron chi connectivity index (χ1n) is 3.02. The summed E-state index contributed by atoms with van der Waals surface area (Å²) in [6.07, 6.45) is 0. The van der Waals surface area contributed by atoms with Crippen LogP contribution < -0.4 is 5.32 Å². The van der Waals surface area contributed by atoms with Crippen molar-refractivity contribution >= 4 is 23.7 Å². The van der Waals surface area contributed by atoms with Gasteiger partial charge in [0.2, 0.25) is 0 Å². The maximum absolute atomic E-state index is 4.35. The van der Waals surface area contributed by atoms with Crippen LogP contribution in [0.4, 0.5) is 0 Å². The van der Waals surface area contributed by atoms with Crippen molar-refractivity contribution in [3.05, 3.63) is 15.6 Å². The van der Waals surface area contributed by atoms with Gasteiger partial charge in [-0.1, -0.05) is 0 Å². The second-order valence-electron chi connectivity index (χ2n) is 2.21. The minimum Gasteiger partial charge on any atom is -0.306 e. The second-order valence-corrected chi connectivity index (χ2v) is 3.49. The first kappa shape index (κ1) is 7.98. The molecule has 0 saturated carbocycles. The molecule has 2 nitrogen and oxygen atoms in total. The van der Waals surface area contributed by atoms with Crippen molar-refractivity contribution in [3.8, 4) is 0 Å². The number of hydrogen-bond donors (Lipinski definition) is 1. The van der Waals surface area contributed by atoms with Gasteiger partial charge in [0.1, 0.15) is 0 Å². The Morgan fingerprint density at radius 2 is 2.30 bits per heavy atom. The van der Waals surface area contributed by atoms with Gasteiger partial charge in [-0.25, -0.2) is 4.98 Å². The van der Waals surface area contributed by atoms with Crippen LogP contribution in [0.1, 0.15) is 15.6 Å². The Bertz CT molecular complexity index is 212. The summed E-state index contributed by atoms with van der Waals surface area (Å²) in [6, 6.07) is 0. The summed E-state index contributed by atoms with van der Waals surface area (Å²) in [5.74, 6) is 0. The fourth-order valence-electron chi connectivity index (χ4n) is 1.08. The van der Waals surface area contributed by atoms with E-state index in [1.807, 2.05) is 0 Å². The molecule has 0 amide bonds. The van der Waals surface area contributed by atoms with Crippen LogP contribution in [-0.4, -0.2) is 4.98 Å². The summed E-state index contributed by atoms with van der Waals surface area (Å²) in [6.45, 7) is 4.06. The molecular formula is C6H9ClN2S. The van der Waals surface area contributed by atoms with E-state index < -0.39 is 0 Å². The van der Waals surface area contributed by atoms with Crippen LogP contribution in [0.3, 0.4) is 0 Å². The van der Waals surface area contributed by atoms with Crippen molar-refractivity contribution in [3.63, 3.8) is 0 Å². The van der Waals surface area contributed by atoms with Gasteiger partial charge in [0, 0.05) is 18.0 Å². The van der Waals surface area contributed by atoms with Gasteiger partial charge in [-0.2, -0.15) is 0 Å². The predicted molar refractivity (Wildman–Crippen MR) is 44.6 cm³/mol. The Morgan fingerprint density at radius 1 is 1.50 bits per heavy atom. The summed E-state index contributed by atoms with van der Waals surface area (Å²) < 4.78 is 0. The van der Waals surface area contributed by atoms with Gasteiger partial charge >= 0.3 is 0 Å². The lowest BCUT2D eigenvalue weighted by molar-refractivity contribution is 0.757. The van der Waals surface area contributed by atoms with E-state index in [0.29, 0.717) is 0 Å². The van der Waals surface area contributed by atoms with Gasteiger partial charge < -0.3 is 5.32 Å². The average molecular weight is 177 g/mol. The Hall–Kier alpha value is -0.120. The Labute approximate surface area is 70.1 Å². The van der Waals surface area contributed by atoms with Crippen LogP contribution in [0.25, 0.3) is 0 Å². The van der Waals surface area contributed by atoms with E-state index in [4.69, 9.17) is 0 Å². The molecule has 4 heteroatoms. The third kappa shape index (κ3) is 1.17. The summed E-state index contributed by atoms with van der Waals surface area (Å²) in [4.78, 5) is 5.77. The molecule has 2 rings (SSSR count). The maximum Gasteiger partial charge on any atom is 0.0901 e. The molecule has 0 aromatic carbocycles. The van der Waals surface area contributed by atoms with Crippen molar-refractivity contribution in [1.82, 2.24) is 10.3 Å². The number of nitrogens with one attached hydrogen (secondary N) is 1. The molecule has 10 heavy (non-hydrogen) atoms. The molecule has 0 aliphatic carbocycles. The first-order chi connectivity index (χ1) is 4.36. The summed E-state index contributed by atoms with van der Waals surface area (Å²) in [5, 5.41) is 4.44. The molecule has 1 aromatic heterocycles. The van der Waals surface area contributed by atoms with Crippen molar-refractivity contribution < 1.29 is 0 Å². The molecule has 56 valence electrons. The van der Waals surface area contributed by atoms with E-state index in [2.05, 4.69) is 17.2 Å². The van der Waals surface area contributed by atoms with E-state index in [0.717, 1.165) is 13.1 Å². The van der Waals surface area contributed by atoms with Crippen LogP contribution in [0.2, 0.25) is 0 Å². The average Bonchev–Trinajstić information content (AvgIpc) is 2.22. The number of rotatable bonds is 0. The van der Waals surface area contributed by atoms with Crippen LogP contribution in [0.5, 0.6) is 0 Å². The molecule has 2 heterocycles. The minimum atomic E-state index is 0. The lowest BCUT2D eigenvalue weighted by atomic mass is 10.4. The highest BCUT2D eigenvalue weighted by Crippen LogP contribution is 2.21. The van der Waals surface area contributed by atoms with Crippen molar-refractivity contribution in [2.75, 3.05) is 0 Å². The molecule has 0 unspecified atom stereocenters. The molecule has 0 spiro atoms. The molecular weight excluding hydrogens is 168 g/mol. The fourth-order valence-corrected chi connectivity index (χ4v) is 2.01. The SMILES string of the molecule is Cc1nc2c(s1)CNC2.Cl. The van der Waals surface area contributed by atoms with Crippen molar-refractivity contribution in [2.45, 2.75) is 20.0 Å². The van der Waals surface area contributed by atoms with Crippen LogP contribution >= 0.6 is 23.7 Å². The van der Waals surface area contributed by atoms with Gasteiger partial charge in [0.05, 0.1) is 10.7 Å². The van der Waals surface area contributed by atoms with Gasteiger partial charge in [0.25, 0.3) is 0 Å². The highest BCUT2D eigenvalue weighted by molar-refractivity contribution is 7.11. The Balaban J connectivity index is 0.000000500. The molecule has 0 fully saturated rings. The normalized spacial score (nSPS) is 14.5. The number of fused-ring (bicyclic) bond motifs is 1. The highest BCUT2D eigenvalue weighted by Gasteiger charge is 2.13. The number of hydrogen-bond acceptors (Lipinski definition) is 3. The van der Waals surface area contributed by atoms with E-state index in [-0.39, 0.29) is 12.4 Å². The van der Waals surface area contributed by atoms with E-state index in [9.17, 15) is 0 Å². The second kappa shape index (κ2) is 2.86. The molecule has 0 bridgehead atoms. The number of aryl methyl sites for hydroxylation is 1. The fraction of sp³-hybridized carbons (Fsp3) is 0.500. The zero-order valence-corrected chi connectivity index (χ0v) is 7.31. The Kier molecular flexibility index (Phi) is 2.28. The van der Waals surface area contributed by atoms with Crippen molar-refractivity contribution in [2.24, 2.45) is 0 Å². The third-order valence-corrected chi connectivity index (χ3v) is 2.48. The number of nitrogens with zero attached hydrogens (tertiary/aromatic N) is 1. The van der Waals surface area contributed by atoms with Crippen molar-refractivity contribution in [1.29, 1.82) is 0 Å². The molecule has 1 N–H and O–H groups in total. The lowest BCUT2D eigenvalue weighted by Crippen LogP contribution is -2.01.